The molecule has 0 amide bonds. The summed E-state index contributed by atoms with van der Waals surface area (Å²) < 4.78 is 35.2. The molecule has 0 aliphatic carbocycles. The summed E-state index contributed by atoms with van der Waals surface area (Å²) in [5.74, 6) is 0.756. The van der Waals surface area contributed by atoms with Crippen molar-refractivity contribution in [3.63, 3.8) is 0 Å². The molecule has 25 heavy (non-hydrogen) atoms. The van der Waals surface area contributed by atoms with Crippen LogP contribution in [0.4, 0.5) is 0 Å². The van der Waals surface area contributed by atoms with Gasteiger partial charge in [0.2, 0.25) is 0 Å². The van der Waals surface area contributed by atoms with Crippen LogP contribution in [0.15, 0.2) is 48.5 Å². The summed E-state index contributed by atoms with van der Waals surface area (Å²) in [5, 5.41) is 0. The second-order valence-corrected chi connectivity index (χ2v) is 7.84. The van der Waals surface area contributed by atoms with Crippen molar-refractivity contribution in [2.24, 2.45) is 0 Å². The molecule has 3 rings (SSSR count). The predicted octanol–water partition coefficient (Wildman–Crippen LogP) is 2.89. The highest BCUT2D eigenvalue weighted by atomic mass is 32.2. The fourth-order valence-corrected chi connectivity index (χ4v) is 4.72. The molecule has 0 saturated heterocycles. The minimum absolute atomic E-state index is 0.329. The molecule has 0 radical (unpaired) electrons. The van der Waals surface area contributed by atoms with Crippen LogP contribution in [0.2, 0.25) is 0 Å². The lowest BCUT2D eigenvalue weighted by molar-refractivity contribution is 0.338. The summed E-state index contributed by atoms with van der Waals surface area (Å²) >= 11 is 0. The van der Waals surface area contributed by atoms with Crippen molar-refractivity contribution < 1.29 is 13.2 Å². The zero-order valence-electron chi connectivity index (χ0n) is 14.6. The zero-order chi connectivity index (χ0) is 17.9. The SMILES string of the molecule is CCCNS(=O)(=O)N1CCc2ccccc2C1c1ccc(OC)cc1. The molecule has 1 atom stereocenters. The Kier molecular flexibility index (Phi) is 5.42. The molecule has 0 fully saturated rings. The first-order chi connectivity index (χ1) is 12.1. The van der Waals surface area contributed by atoms with E-state index in [4.69, 9.17) is 4.74 Å². The van der Waals surface area contributed by atoms with Crippen LogP contribution in [0.1, 0.15) is 36.1 Å². The Bertz CT molecular complexity index is 819. The molecular formula is C19H24N2O3S. The number of methoxy groups -OCH3 is 1. The third-order valence-corrected chi connectivity index (χ3v) is 6.09. The van der Waals surface area contributed by atoms with Gasteiger partial charge < -0.3 is 4.74 Å². The van der Waals surface area contributed by atoms with Crippen LogP contribution in [-0.4, -0.2) is 32.9 Å². The molecule has 2 aromatic rings. The molecule has 1 N–H and O–H groups in total. The van der Waals surface area contributed by atoms with E-state index in [1.54, 1.807) is 11.4 Å². The highest BCUT2D eigenvalue weighted by Gasteiger charge is 2.36. The van der Waals surface area contributed by atoms with Gasteiger partial charge in [-0.25, -0.2) is 4.72 Å². The Morgan fingerprint density at radius 2 is 1.88 bits per heavy atom. The molecule has 1 aliphatic rings. The van der Waals surface area contributed by atoms with Crippen LogP contribution < -0.4 is 9.46 Å². The van der Waals surface area contributed by atoms with Crippen molar-refractivity contribution in [2.75, 3.05) is 20.2 Å². The minimum Gasteiger partial charge on any atom is -0.497 e. The van der Waals surface area contributed by atoms with Gasteiger partial charge in [0.15, 0.2) is 0 Å². The van der Waals surface area contributed by atoms with E-state index >= 15 is 0 Å². The molecule has 6 heteroatoms. The van der Waals surface area contributed by atoms with E-state index in [9.17, 15) is 8.42 Å². The van der Waals surface area contributed by atoms with Gasteiger partial charge in [0, 0.05) is 13.1 Å². The highest BCUT2D eigenvalue weighted by Crippen LogP contribution is 2.37. The van der Waals surface area contributed by atoms with Gasteiger partial charge >= 0.3 is 0 Å². The molecule has 0 spiro atoms. The Balaban J connectivity index is 2.05. The first-order valence-corrected chi connectivity index (χ1v) is 9.99. The first-order valence-electron chi connectivity index (χ1n) is 8.55. The van der Waals surface area contributed by atoms with Gasteiger partial charge in [-0.1, -0.05) is 43.3 Å². The van der Waals surface area contributed by atoms with Crippen molar-refractivity contribution in [1.82, 2.24) is 9.03 Å². The fourth-order valence-electron chi connectivity index (χ4n) is 3.25. The number of rotatable bonds is 6. The molecule has 2 aromatic carbocycles. The molecule has 1 unspecified atom stereocenters. The summed E-state index contributed by atoms with van der Waals surface area (Å²) in [4.78, 5) is 0. The summed E-state index contributed by atoms with van der Waals surface area (Å²) in [7, 11) is -1.93. The maximum atomic E-state index is 12.9. The third kappa shape index (κ3) is 3.71. The second-order valence-electron chi connectivity index (χ2n) is 6.13. The highest BCUT2D eigenvalue weighted by molar-refractivity contribution is 7.87. The molecule has 1 aliphatic heterocycles. The van der Waals surface area contributed by atoms with E-state index in [0.29, 0.717) is 13.1 Å². The quantitative estimate of drug-likeness (QED) is 0.862. The van der Waals surface area contributed by atoms with Crippen LogP contribution in [0, 0.1) is 0 Å². The topological polar surface area (TPSA) is 58.6 Å². The van der Waals surface area contributed by atoms with Crippen molar-refractivity contribution in [1.29, 1.82) is 0 Å². The van der Waals surface area contributed by atoms with Crippen LogP contribution in [0.3, 0.4) is 0 Å². The average molecular weight is 360 g/mol. The molecule has 0 aromatic heterocycles. The summed E-state index contributed by atoms with van der Waals surface area (Å²) in [6, 6.07) is 15.4. The lowest BCUT2D eigenvalue weighted by Gasteiger charge is -2.36. The zero-order valence-corrected chi connectivity index (χ0v) is 15.4. The Labute approximate surface area is 149 Å². The van der Waals surface area contributed by atoms with E-state index in [0.717, 1.165) is 29.7 Å². The number of fused-ring (bicyclic) bond motifs is 1. The molecule has 5 nitrogen and oxygen atoms in total. The number of nitrogens with one attached hydrogen (secondary N) is 1. The van der Waals surface area contributed by atoms with E-state index in [1.807, 2.05) is 49.4 Å². The summed E-state index contributed by atoms with van der Waals surface area (Å²) in [6.45, 7) is 2.86. The van der Waals surface area contributed by atoms with Crippen LogP contribution in [-0.2, 0) is 16.6 Å². The Hall–Kier alpha value is -1.89. The maximum Gasteiger partial charge on any atom is 0.280 e. The largest absolute Gasteiger partial charge is 0.497 e. The monoisotopic (exact) mass is 360 g/mol. The second kappa shape index (κ2) is 7.56. The number of benzene rings is 2. The van der Waals surface area contributed by atoms with E-state index in [2.05, 4.69) is 10.8 Å². The Morgan fingerprint density at radius 1 is 1.16 bits per heavy atom. The van der Waals surface area contributed by atoms with Crippen molar-refractivity contribution in [3.8, 4) is 5.75 Å². The number of ether oxygens (including phenoxy) is 1. The maximum absolute atomic E-state index is 12.9. The molecule has 134 valence electrons. The van der Waals surface area contributed by atoms with Crippen LogP contribution in [0.25, 0.3) is 0 Å². The lowest BCUT2D eigenvalue weighted by Crippen LogP contribution is -2.46. The number of nitrogens with zero attached hydrogens (tertiary/aromatic N) is 1. The van der Waals surface area contributed by atoms with Gasteiger partial charge in [0.1, 0.15) is 5.75 Å². The van der Waals surface area contributed by atoms with Gasteiger partial charge in [-0.15, -0.1) is 0 Å². The lowest BCUT2D eigenvalue weighted by atomic mass is 9.90. The number of hydrogen-bond donors (Lipinski definition) is 1. The fraction of sp³-hybridized carbons (Fsp3) is 0.368. The van der Waals surface area contributed by atoms with Crippen molar-refractivity contribution in [3.05, 3.63) is 65.2 Å². The summed E-state index contributed by atoms with van der Waals surface area (Å²) in [6.07, 6.45) is 1.48. The van der Waals surface area contributed by atoms with Gasteiger partial charge in [-0.3, -0.25) is 0 Å². The smallest absolute Gasteiger partial charge is 0.280 e. The van der Waals surface area contributed by atoms with E-state index in [-0.39, 0.29) is 6.04 Å². The van der Waals surface area contributed by atoms with Crippen LogP contribution >= 0.6 is 0 Å². The minimum atomic E-state index is -3.55. The normalized spacial score (nSPS) is 17.9. The van der Waals surface area contributed by atoms with Crippen LogP contribution in [0.5, 0.6) is 5.75 Å². The van der Waals surface area contributed by atoms with Gasteiger partial charge in [-0.2, -0.15) is 12.7 Å². The third-order valence-electron chi connectivity index (χ3n) is 4.51. The van der Waals surface area contributed by atoms with E-state index in [1.165, 1.54) is 5.56 Å². The molecule has 0 saturated carbocycles. The summed E-state index contributed by atoms with van der Waals surface area (Å²) in [5.41, 5.74) is 3.18. The van der Waals surface area contributed by atoms with Gasteiger partial charge in [0.05, 0.1) is 13.2 Å². The average Bonchev–Trinajstić information content (AvgIpc) is 2.65. The van der Waals surface area contributed by atoms with Crippen molar-refractivity contribution in [2.45, 2.75) is 25.8 Å². The van der Waals surface area contributed by atoms with E-state index < -0.39 is 10.2 Å². The molecular weight excluding hydrogens is 336 g/mol. The van der Waals surface area contributed by atoms with Gasteiger partial charge in [-0.05, 0) is 41.7 Å². The van der Waals surface area contributed by atoms with Gasteiger partial charge in [0.25, 0.3) is 10.2 Å². The number of hydrogen-bond acceptors (Lipinski definition) is 3. The standard InChI is InChI=1S/C19H24N2O3S/c1-3-13-20-25(22,23)21-14-12-15-6-4-5-7-18(15)19(21)16-8-10-17(24-2)11-9-16/h4-11,19-20H,3,12-14H2,1-2H3. The predicted molar refractivity (Wildman–Crippen MR) is 98.9 cm³/mol. The first kappa shape index (κ1) is 17.9. The van der Waals surface area contributed by atoms with Crippen molar-refractivity contribution >= 4 is 10.2 Å². The Morgan fingerprint density at radius 3 is 2.56 bits per heavy atom. The molecule has 1 heterocycles. The molecule has 0 bridgehead atoms.